The number of para-hydroxylation sites is 1. The van der Waals surface area contributed by atoms with E-state index >= 15 is 0 Å². The Morgan fingerprint density at radius 2 is 2.24 bits per heavy atom. The highest BCUT2D eigenvalue weighted by atomic mass is 16.4. The molecule has 1 aliphatic rings. The Labute approximate surface area is 97.0 Å². The van der Waals surface area contributed by atoms with Gasteiger partial charge in [-0.2, -0.15) is 0 Å². The number of hydrogen-bond acceptors (Lipinski definition) is 2. The van der Waals surface area contributed by atoms with Crippen molar-refractivity contribution >= 4 is 22.7 Å². The lowest BCUT2D eigenvalue weighted by Gasteiger charge is -2.11. The van der Waals surface area contributed by atoms with E-state index in [9.17, 15) is 4.79 Å². The van der Waals surface area contributed by atoms with Crippen molar-refractivity contribution in [3.63, 3.8) is 0 Å². The second kappa shape index (κ2) is 3.35. The Bertz CT molecular complexity index is 630. The van der Waals surface area contributed by atoms with E-state index in [1.54, 1.807) is 0 Å². The molecule has 1 atom stereocenters. The lowest BCUT2D eigenvalue weighted by molar-refractivity contribution is 0.193. The minimum absolute atomic E-state index is 0.388. The van der Waals surface area contributed by atoms with Gasteiger partial charge in [0.05, 0.1) is 6.04 Å². The molecule has 5 heteroatoms. The van der Waals surface area contributed by atoms with E-state index in [0.717, 1.165) is 22.2 Å². The molecule has 2 aromatic rings. The number of rotatable bonds is 1. The molecule has 1 aromatic heterocycles. The van der Waals surface area contributed by atoms with Crippen LogP contribution in [0.2, 0.25) is 0 Å². The molecule has 1 aliphatic carbocycles. The summed E-state index contributed by atoms with van der Waals surface area (Å²) in [5, 5.41) is 20.0. The molecule has 0 saturated carbocycles. The van der Waals surface area contributed by atoms with Gasteiger partial charge in [0.1, 0.15) is 0 Å². The molecule has 1 aromatic carbocycles. The second-order valence-corrected chi connectivity index (χ2v) is 4.15. The number of amides is 1. The van der Waals surface area contributed by atoms with Gasteiger partial charge in [0, 0.05) is 34.3 Å². The van der Waals surface area contributed by atoms with Crippen LogP contribution in [0.5, 0.6) is 0 Å². The van der Waals surface area contributed by atoms with Gasteiger partial charge in [0.2, 0.25) is 0 Å². The molecule has 0 saturated heterocycles. The average Bonchev–Trinajstić information content (AvgIpc) is 2.75. The molecule has 1 unspecified atom stereocenters. The van der Waals surface area contributed by atoms with E-state index in [0.29, 0.717) is 12.1 Å². The zero-order valence-corrected chi connectivity index (χ0v) is 8.95. The number of hydrogen-bond donors (Lipinski definition) is 4. The summed E-state index contributed by atoms with van der Waals surface area (Å²) in [5.41, 5.74) is 3.21. The van der Waals surface area contributed by atoms with Gasteiger partial charge in [-0.15, -0.1) is 0 Å². The average molecular weight is 229 g/mol. The first-order chi connectivity index (χ1) is 8.16. The summed E-state index contributed by atoms with van der Waals surface area (Å²) in [6, 6.07) is 7.23. The van der Waals surface area contributed by atoms with Crippen LogP contribution < -0.4 is 5.32 Å². The molecule has 17 heavy (non-hydrogen) atoms. The number of nitrogens with one attached hydrogen (secondary N) is 3. The quantitative estimate of drug-likeness (QED) is 0.603. The van der Waals surface area contributed by atoms with E-state index in [2.05, 4.69) is 10.3 Å². The zero-order chi connectivity index (χ0) is 12.0. The van der Waals surface area contributed by atoms with Gasteiger partial charge in [-0.1, -0.05) is 18.2 Å². The van der Waals surface area contributed by atoms with Gasteiger partial charge in [0.15, 0.2) is 0 Å². The van der Waals surface area contributed by atoms with Crippen LogP contribution in [-0.2, 0) is 6.42 Å². The maximum absolute atomic E-state index is 10.8. The monoisotopic (exact) mass is 229 g/mol. The molecule has 1 heterocycles. The highest BCUT2D eigenvalue weighted by Crippen LogP contribution is 2.34. The van der Waals surface area contributed by atoms with E-state index in [4.69, 9.17) is 10.5 Å². The Morgan fingerprint density at radius 1 is 1.47 bits per heavy atom. The molecule has 3 rings (SSSR count). The number of aromatic nitrogens is 1. The summed E-state index contributed by atoms with van der Waals surface area (Å²) >= 11 is 0. The topological polar surface area (TPSA) is 89.0 Å². The fraction of sp³-hybridized carbons (Fsp3) is 0.167. The Hall–Kier alpha value is -2.30. The second-order valence-electron chi connectivity index (χ2n) is 4.15. The van der Waals surface area contributed by atoms with Crippen molar-refractivity contribution < 1.29 is 9.90 Å². The third-order valence-electron chi connectivity index (χ3n) is 3.10. The standard InChI is InChI=1S/C12H11N3O2/c13-7-5-9-10(11(7)15-12(16)17)6-3-1-2-4-8(6)14-9/h1-4,11,13-15H,5H2,(H,16,17). The number of benzene rings is 1. The number of carboxylic acid groups (broad SMARTS) is 1. The largest absolute Gasteiger partial charge is 0.465 e. The first kappa shape index (κ1) is 9.89. The highest BCUT2D eigenvalue weighted by molar-refractivity contribution is 6.02. The van der Waals surface area contributed by atoms with Gasteiger partial charge >= 0.3 is 6.09 Å². The Kier molecular flexibility index (Phi) is 1.95. The summed E-state index contributed by atoms with van der Waals surface area (Å²) in [4.78, 5) is 14.0. The summed E-state index contributed by atoms with van der Waals surface area (Å²) in [5.74, 6) is 0. The van der Waals surface area contributed by atoms with Crippen molar-refractivity contribution in [3.8, 4) is 0 Å². The Balaban J connectivity index is 2.17. The SMILES string of the molecule is N=C1Cc2[nH]c3ccccc3c2C1NC(=O)O. The fourth-order valence-corrected chi connectivity index (χ4v) is 2.44. The van der Waals surface area contributed by atoms with Crippen LogP contribution in [0.25, 0.3) is 10.9 Å². The number of aromatic amines is 1. The van der Waals surface area contributed by atoms with Gasteiger partial charge in [-0.3, -0.25) is 0 Å². The normalized spacial score (nSPS) is 18.4. The lowest BCUT2D eigenvalue weighted by atomic mass is 10.1. The molecular formula is C12H11N3O2. The minimum atomic E-state index is -1.10. The molecule has 5 nitrogen and oxygen atoms in total. The van der Waals surface area contributed by atoms with Crippen molar-refractivity contribution in [1.29, 1.82) is 5.41 Å². The summed E-state index contributed by atoms with van der Waals surface area (Å²) in [7, 11) is 0. The fourth-order valence-electron chi connectivity index (χ4n) is 2.44. The molecule has 0 aliphatic heterocycles. The molecule has 0 radical (unpaired) electrons. The smallest absolute Gasteiger partial charge is 0.405 e. The van der Waals surface area contributed by atoms with Crippen LogP contribution in [0.4, 0.5) is 4.79 Å². The first-order valence-corrected chi connectivity index (χ1v) is 5.33. The highest BCUT2D eigenvalue weighted by Gasteiger charge is 2.32. The molecule has 0 fully saturated rings. The molecule has 1 amide bonds. The molecule has 4 N–H and O–H groups in total. The predicted octanol–water partition coefficient (Wildman–Crippen LogP) is 2.05. The van der Waals surface area contributed by atoms with Crippen molar-refractivity contribution in [2.45, 2.75) is 12.5 Å². The number of fused-ring (bicyclic) bond motifs is 3. The van der Waals surface area contributed by atoms with Gasteiger partial charge in [-0.05, 0) is 6.07 Å². The Morgan fingerprint density at radius 3 is 3.00 bits per heavy atom. The maximum atomic E-state index is 10.8. The van der Waals surface area contributed by atoms with Crippen molar-refractivity contribution in [2.24, 2.45) is 0 Å². The van der Waals surface area contributed by atoms with Gasteiger partial charge in [-0.25, -0.2) is 4.79 Å². The predicted molar refractivity (Wildman–Crippen MR) is 63.6 cm³/mol. The van der Waals surface area contributed by atoms with E-state index in [-0.39, 0.29) is 0 Å². The number of H-pyrrole nitrogens is 1. The molecular weight excluding hydrogens is 218 g/mol. The van der Waals surface area contributed by atoms with Crippen LogP contribution in [0, 0.1) is 5.41 Å². The molecule has 0 bridgehead atoms. The van der Waals surface area contributed by atoms with E-state index in [1.165, 1.54) is 0 Å². The maximum Gasteiger partial charge on any atom is 0.405 e. The van der Waals surface area contributed by atoms with E-state index in [1.807, 2.05) is 24.3 Å². The molecule has 0 spiro atoms. The summed E-state index contributed by atoms with van der Waals surface area (Å²) in [6.07, 6.45) is -0.618. The number of carbonyl (C=O) groups is 1. The minimum Gasteiger partial charge on any atom is -0.465 e. The third kappa shape index (κ3) is 1.39. The summed E-state index contributed by atoms with van der Waals surface area (Å²) < 4.78 is 0. The van der Waals surface area contributed by atoms with Crippen molar-refractivity contribution in [3.05, 3.63) is 35.5 Å². The van der Waals surface area contributed by atoms with Crippen LogP contribution in [0.15, 0.2) is 24.3 Å². The van der Waals surface area contributed by atoms with Crippen LogP contribution >= 0.6 is 0 Å². The van der Waals surface area contributed by atoms with Crippen LogP contribution in [-0.4, -0.2) is 21.9 Å². The van der Waals surface area contributed by atoms with Crippen LogP contribution in [0.1, 0.15) is 17.3 Å². The van der Waals surface area contributed by atoms with Crippen molar-refractivity contribution in [1.82, 2.24) is 10.3 Å². The summed E-state index contributed by atoms with van der Waals surface area (Å²) in [6.45, 7) is 0. The zero-order valence-electron chi connectivity index (χ0n) is 8.95. The molecule has 86 valence electrons. The lowest BCUT2D eigenvalue weighted by Crippen LogP contribution is -2.29. The van der Waals surface area contributed by atoms with Crippen molar-refractivity contribution in [2.75, 3.05) is 0 Å². The van der Waals surface area contributed by atoms with Crippen LogP contribution in [0.3, 0.4) is 0 Å². The van der Waals surface area contributed by atoms with Gasteiger partial charge < -0.3 is 20.8 Å². The van der Waals surface area contributed by atoms with Gasteiger partial charge in [0.25, 0.3) is 0 Å². The first-order valence-electron chi connectivity index (χ1n) is 5.33. The third-order valence-corrected chi connectivity index (χ3v) is 3.10. The van der Waals surface area contributed by atoms with E-state index < -0.39 is 12.1 Å².